The Labute approximate surface area is 88.6 Å². The summed E-state index contributed by atoms with van der Waals surface area (Å²) in [5.74, 6) is -0.296. The van der Waals surface area contributed by atoms with Crippen LogP contribution in [0.1, 0.15) is 17.3 Å². The average molecular weight is 209 g/mol. The number of carbonyl (C=O) groups is 1. The molecule has 1 unspecified atom stereocenters. The highest BCUT2D eigenvalue weighted by Gasteiger charge is 2.16. The molecule has 1 rings (SSSR count). The molecule has 0 saturated heterocycles. The summed E-state index contributed by atoms with van der Waals surface area (Å²) < 4.78 is 0. The zero-order valence-corrected chi connectivity index (χ0v) is 8.55. The highest BCUT2D eigenvalue weighted by atomic mass is 16.3. The molecule has 0 heterocycles. The van der Waals surface area contributed by atoms with Crippen LogP contribution in [0.2, 0.25) is 0 Å². The van der Waals surface area contributed by atoms with Crippen LogP contribution in [0, 0.1) is 0 Å². The minimum atomic E-state index is -0.775. The van der Waals surface area contributed by atoms with Crippen molar-refractivity contribution in [3.8, 4) is 0 Å². The van der Waals surface area contributed by atoms with Crippen molar-refractivity contribution in [2.75, 3.05) is 6.61 Å². The van der Waals surface area contributed by atoms with Gasteiger partial charge in [-0.1, -0.05) is 18.2 Å². The lowest BCUT2D eigenvalue weighted by molar-refractivity contribution is 0.0758. The maximum absolute atomic E-state index is 11.6. The Balaban J connectivity index is 2.63. The van der Waals surface area contributed by atoms with Crippen LogP contribution in [0.5, 0.6) is 0 Å². The van der Waals surface area contributed by atoms with Gasteiger partial charge in [-0.15, -0.1) is 0 Å². The Morgan fingerprint density at radius 3 is 2.47 bits per heavy atom. The fraction of sp³-hybridized carbons (Fsp3) is 0.364. The summed E-state index contributed by atoms with van der Waals surface area (Å²) in [7, 11) is 0. The Kier molecular flexibility index (Phi) is 4.27. The number of nitrogens with one attached hydrogen (secondary N) is 1. The number of amides is 1. The molecular formula is C11H15NO3. The van der Waals surface area contributed by atoms with Crippen molar-refractivity contribution in [1.82, 2.24) is 5.32 Å². The van der Waals surface area contributed by atoms with Crippen molar-refractivity contribution >= 4 is 5.91 Å². The van der Waals surface area contributed by atoms with Crippen molar-refractivity contribution in [1.29, 1.82) is 0 Å². The second-order valence-corrected chi connectivity index (χ2v) is 3.37. The maximum atomic E-state index is 11.6. The molecule has 15 heavy (non-hydrogen) atoms. The lowest BCUT2D eigenvalue weighted by Gasteiger charge is -2.18. The van der Waals surface area contributed by atoms with E-state index in [0.29, 0.717) is 5.56 Å². The van der Waals surface area contributed by atoms with Gasteiger partial charge in [-0.25, -0.2) is 0 Å². The van der Waals surface area contributed by atoms with E-state index in [1.165, 1.54) is 6.92 Å². The topological polar surface area (TPSA) is 69.6 Å². The normalized spacial score (nSPS) is 14.3. The summed E-state index contributed by atoms with van der Waals surface area (Å²) in [6, 6.07) is 8.04. The molecule has 4 heteroatoms. The van der Waals surface area contributed by atoms with Gasteiger partial charge >= 0.3 is 0 Å². The largest absolute Gasteiger partial charge is 0.394 e. The minimum absolute atomic E-state index is 0.282. The molecule has 0 bridgehead atoms. The van der Waals surface area contributed by atoms with E-state index in [4.69, 9.17) is 5.11 Å². The number of aliphatic hydroxyl groups excluding tert-OH is 2. The number of benzene rings is 1. The second-order valence-electron chi connectivity index (χ2n) is 3.37. The van der Waals surface area contributed by atoms with E-state index >= 15 is 0 Å². The lowest BCUT2D eigenvalue weighted by atomic mass is 10.1. The molecule has 0 spiro atoms. The minimum Gasteiger partial charge on any atom is -0.394 e. The van der Waals surface area contributed by atoms with E-state index in [1.54, 1.807) is 24.3 Å². The van der Waals surface area contributed by atoms with Gasteiger partial charge in [0.25, 0.3) is 5.91 Å². The molecule has 0 aliphatic rings. The number of hydrogen-bond acceptors (Lipinski definition) is 3. The molecule has 0 aliphatic heterocycles. The lowest BCUT2D eigenvalue weighted by Crippen LogP contribution is -2.44. The molecule has 4 nitrogen and oxygen atoms in total. The third kappa shape index (κ3) is 3.34. The summed E-state index contributed by atoms with van der Waals surface area (Å²) in [6.07, 6.45) is -0.775. The maximum Gasteiger partial charge on any atom is 0.251 e. The van der Waals surface area contributed by atoms with Crippen molar-refractivity contribution in [3.05, 3.63) is 35.9 Å². The molecule has 82 valence electrons. The molecule has 2 atom stereocenters. The van der Waals surface area contributed by atoms with Gasteiger partial charge in [0.15, 0.2) is 0 Å². The van der Waals surface area contributed by atoms with Crippen LogP contribution < -0.4 is 5.32 Å². The fourth-order valence-electron chi connectivity index (χ4n) is 1.16. The fourth-order valence-corrected chi connectivity index (χ4v) is 1.16. The van der Waals surface area contributed by atoms with Gasteiger partial charge in [0.05, 0.1) is 18.8 Å². The third-order valence-corrected chi connectivity index (χ3v) is 2.13. The summed E-state index contributed by atoms with van der Waals surface area (Å²) in [4.78, 5) is 11.6. The van der Waals surface area contributed by atoms with Crippen molar-refractivity contribution in [3.63, 3.8) is 0 Å². The standard InChI is InChI=1S/C11H15NO3/c1-8(14)10(7-13)12-11(15)9-5-3-2-4-6-9/h2-6,8,10,13-14H,7H2,1H3,(H,12,15)/t8?,10-/m0/s1. The molecule has 0 fully saturated rings. The van der Waals surface area contributed by atoms with Gasteiger partial charge in [-0.05, 0) is 19.1 Å². The van der Waals surface area contributed by atoms with Crippen LogP contribution in [0.3, 0.4) is 0 Å². The molecule has 3 N–H and O–H groups in total. The van der Waals surface area contributed by atoms with E-state index in [0.717, 1.165) is 0 Å². The second kappa shape index (κ2) is 5.48. The zero-order valence-electron chi connectivity index (χ0n) is 8.55. The van der Waals surface area contributed by atoms with Crippen LogP contribution in [0.15, 0.2) is 30.3 Å². The highest BCUT2D eigenvalue weighted by Crippen LogP contribution is 2.00. The molecule has 0 aromatic heterocycles. The molecule has 0 aliphatic carbocycles. The monoisotopic (exact) mass is 209 g/mol. The number of rotatable bonds is 4. The molecular weight excluding hydrogens is 194 g/mol. The Morgan fingerprint density at radius 1 is 1.40 bits per heavy atom. The van der Waals surface area contributed by atoms with E-state index in [-0.39, 0.29) is 12.5 Å². The van der Waals surface area contributed by atoms with E-state index in [1.807, 2.05) is 6.07 Å². The van der Waals surface area contributed by atoms with Gasteiger partial charge in [-0.3, -0.25) is 4.79 Å². The quantitative estimate of drug-likeness (QED) is 0.661. The van der Waals surface area contributed by atoms with Gasteiger partial charge in [0.2, 0.25) is 0 Å². The summed E-state index contributed by atoms with van der Waals surface area (Å²) in [5, 5.41) is 20.7. The predicted molar refractivity (Wildman–Crippen MR) is 56.5 cm³/mol. The van der Waals surface area contributed by atoms with E-state index in [9.17, 15) is 9.90 Å². The first-order chi connectivity index (χ1) is 7.15. The summed E-state index contributed by atoms with van der Waals surface area (Å²) in [5.41, 5.74) is 0.511. The molecule has 1 amide bonds. The molecule has 0 saturated carbocycles. The number of aliphatic hydroxyl groups is 2. The summed E-state index contributed by atoms with van der Waals surface area (Å²) in [6.45, 7) is 1.24. The van der Waals surface area contributed by atoms with Crippen LogP contribution in [-0.2, 0) is 0 Å². The van der Waals surface area contributed by atoms with Gasteiger partial charge in [0, 0.05) is 5.56 Å². The molecule has 0 radical (unpaired) electrons. The van der Waals surface area contributed by atoms with E-state index in [2.05, 4.69) is 5.32 Å². The Bertz CT molecular complexity index is 311. The SMILES string of the molecule is CC(O)[C@H](CO)NC(=O)c1ccccc1. The van der Waals surface area contributed by atoms with Gasteiger partial charge in [0.1, 0.15) is 0 Å². The first-order valence-electron chi connectivity index (χ1n) is 4.80. The zero-order chi connectivity index (χ0) is 11.3. The van der Waals surface area contributed by atoms with Gasteiger partial charge < -0.3 is 15.5 Å². The molecule has 1 aromatic rings. The first kappa shape index (κ1) is 11.7. The molecule has 1 aromatic carbocycles. The van der Waals surface area contributed by atoms with Crippen LogP contribution in [0.4, 0.5) is 0 Å². The highest BCUT2D eigenvalue weighted by molar-refractivity contribution is 5.94. The Hall–Kier alpha value is -1.39. The predicted octanol–water partition coefficient (Wildman–Crippen LogP) is 0.158. The number of hydrogen-bond donors (Lipinski definition) is 3. The van der Waals surface area contributed by atoms with E-state index < -0.39 is 12.1 Å². The van der Waals surface area contributed by atoms with Gasteiger partial charge in [-0.2, -0.15) is 0 Å². The van der Waals surface area contributed by atoms with Crippen LogP contribution in [0.25, 0.3) is 0 Å². The first-order valence-corrected chi connectivity index (χ1v) is 4.80. The Morgan fingerprint density at radius 2 is 2.00 bits per heavy atom. The smallest absolute Gasteiger partial charge is 0.251 e. The summed E-state index contributed by atoms with van der Waals surface area (Å²) >= 11 is 0. The van der Waals surface area contributed by atoms with Crippen LogP contribution >= 0.6 is 0 Å². The number of carbonyl (C=O) groups excluding carboxylic acids is 1. The van der Waals surface area contributed by atoms with Crippen molar-refractivity contribution in [2.45, 2.75) is 19.1 Å². The van der Waals surface area contributed by atoms with Crippen molar-refractivity contribution in [2.24, 2.45) is 0 Å². The van der Waals surface area contributed by atoms with Crippen LogP contribution in [-0.4, -0.2) is 34.9 Å². The average Bonchev–Trinajstić information content (AvgIpc) is 2.26. The third-order valence-electron chi connectivity index (χ3n) is 2.13. The van der Waals surface area contributed by atoms with Crippen molar-refractivity contribution < 1.29 is 15.0 Å².